The van der Waals surface area contributed by atoms with Gasteiger partial charge in [0, 0.05) is 19.0 Å². The minimum Gasteiger partial charge on any atom is -0.301 e. The van der Waals surface area contributed by atoms with Crippen LogP contribution in [0.15, 0.2) is 0 Å². The lowest BCUT2D eigenvalue weighted by Gasteiger charge is -2.26. The van der Waals surface area contributed by atoms with Gasteiger partial charge >= 0.3 is 0 Å². The van der Waals surface area contributed by atoms with Gasteiger partial charge < -0.3 is 4.90 Å². The lowest BCUT2D eigenvalue weighted by molar-refractivity contribution is 0.288. The van der Waals surface area contributed by atoms with E-state index in [9.17, 15) is 8.42 Å². The van der Waals surface area contributed by atoms with Crippen molar-refractivity contribution in [2.45, 2.75) is 25.7 Å². The van der Waals surface area contributed by atoms with Crippen molar-refractivity contribution >= 4 is 21.4 Å². The van der Waals surface area contributed by atoms with Crippen LogP contribution in [0.25, 0.3) is 0 Å². The molecule has 15 heavy (non-hydrogen) atoms. The Morgan fingerprint density at radius 1 is 1.00 bits per heavy atom. The van der Waals surface area contributed by atoms with Gasteiger partial charge in [0.2, 0.25) is 0 Å². The second kappa shape index (κ2) is 6.71. The lowest BCUT2D eigenvalue weighted by atomic mass is 10.2. The fraction of sp³-hybridized carbons (Fsp3) is 1.00. The molecule has 0 radical (unpaired) electrons. The van der Waals surface area contributed by atoms with Gasteiger partial charge in [-0.15, -0.1) is 11.6 Å². The van der Waals surface area contributed by atoms with Gasteiger partial charge in [-0.1, -0.05) is 12.8 Å². The maximum Gasteiger partial charge on any atom is 0.152 e. The smallest absolute Gasteiger partial charge is 0.152 e. The molecule has 0 atom stereocenters. The van der Waals surface area contributed by atoms with Gasteiger partial charge in [-0.2, -0.15) is 0 Å². The van der Waals surface area contributed by atoms with Crippen molar-refractivity contribution in [3.8, 4) is 0 Å². The molecule has 0 unspecified atom stereocenters. The number of unbranched alkanes of at least 4 members (excludes halogenated alkanes) is 3. The molecule has 1 saturated heterocycles. The minimum atomic E-state index is -2.71. The summed E-state index contributed by atoms with van der Waals surface area (Å²) < 4.78 is 22.3. The van der Waals surface area contributed by atoms with Gasteiger partial charge in [0.25, 0.3) is 0 Å². The van der Waals surface area contributed by atoms with Crippen LogP contribution in [0.1, 0.15) is 25.7 Å². The van der Waals surface area contributed by atoms with E-state index in [1.165, 1.54) is 12.8 Å². The Hall–Kier alpha value is 0.200. The SMILES string of the molecule is O=S1(=O)CCN(CCCCCCCl)CC1. The van der Waals surface area contributed by atoms with Crippen molar-refractivity contribution in [3.63, 3.8) is 0 Å². The first-order chi connectivity index (χ1) is 7.14. The van der Waals surface area contributed by atoms with Crippen molar-refractivity contribution in [3.05, 3.63) is 0 Å². The van der Waals surface area contributed by atoms with Crippen LogP contribution < -0.4 is 0 Å². The Morgan fingerprint density at radius 2 is 1.60 bits per heavy atom. The molecule has 1 aliphatic heterocycles. The predicted molar refractivity (Wildman–Crippen MR) is 64.3 cm³/mol. The number of sulfone groups is 1. The number of alkyl halides is 1. The van der Waals surface area contributed by atoms with Gasteiger partial charge in [-0.05, 0) is 19.4 Å². The first-order valence-electron chi connectivity index (χ1n) is 5.63. The minimum absolute atomic E-state index is 0.342. The predicted octanol–water partition coefficient (Wildman–Crippen LogP) is 1.52. The zero-order valence-electron chi connectivity index (χ0n) is 9.12. The molecule has 5 heteroatoms. The van der Waals surface area contributed by atoms with E-state index in [4.69, 9.17) is 11.6 Å². The fourth-order valence-corrected chi connectivity index (χ4v) is 3.22. The monoisotopic (exact) mass is 253 g/mol. The highest BCUT2D eigenvalue weighted by atomic mass is 35.5. The van der Waals surface area contributed by atoms with Gasteiger partial charge in [-0.3, -0.25) is 0 Å². The van der Waals surface area contributed by atoms with E-state index < -0.39 is 9.84 Å². The number of halogens is 1. The molecule has 0 spiro atoms. The summed E-state index contributed by atoms with van der Waals surface area (Å²) in [5, 5.41) is 0. The third-order valence-electron chi connectivity index (χ3n) is 2.80. The highest BCUT2D eigenvalue weighted by Crippen LogP contribution is 2.07. The van der Waals surface area contributed by atoms with Gasteiger partial charge in [-0.25, -0.2) is 8.42 Å². The third kappa shape index (κ3) is 5.73. The van der Waals surface area contributed by atoms with Gasteiger partial charge in [0.1, 0.15) is 0 Å². The number of rotatable bonds is 6. The average Bonchev–Trinajstić information content (AvgIpc) is 2.20. The van der Waals surface area contributed by atoms with Crippen LogP contribution in [0.5, 0.6) is 0 Å². The van der Waals surface area contributed by atoms with E-state index >= 15 is 0 Å². The summed E-state index contributed by atoms with van der Waals surface area (Å²) >= 11 is 5.58. The van der Waals surface area contributed by atoms with Crippen LogP contribution in [0.4, 0.5) is 0 Å². The molecule has 1 heterocycles. The Morgan fingerprint density at radius 3 is 2.20 bits per heavy atom. The molecule has 0 N–H and O–H groups in total. The molecule has 1 fully saturated rings. The first kappa shape index (κ1) is 13.3. The summed E-state index contributed by atoms with van der Waals surface area (Å²) in [4.78, 5) is 2.25. The first-order valence-corrected chi connectivity index (χ1v) is 7.98. The quantitative estimate of drug-likeness (QED) is 0.532. The Kier molecular flexibility index (Phi) is 5.94. The Labute approximate surface area is 97.7 Å². The average molecular weight is 254 g/mol. The molecule has 90 valence electrons. The third-order valence-corrected chi connectivity index (χ3v) is 4.67. The van der Waals surface area contributed by atoms with Crippen molar-refractivity contribution in [1.82, 2.24) is 4.90 Å². The molecule has 0 saturated carbocycles. The van der Waals surface area contributed by atoms with E-state index in [0.717, 1.165) is 38.4 Å². The van der Waals surface area contributed by atoms with Crippen LogP contribution in [-0.2, 0) is 9.84 Å². The molecular formula is C10H20ClNO2S. The van der Waals surface area contributed by atoms with Crippen molar-refractivity contribution < 1.29 is 8.42 Å². The second-order valence-corrected chi connectivity index (χ2v) is 6.78. The van der Waals surface area contributed by atoms with Crippen molar-refractivity contribution in [2.75, 3.05) is 37.0 Å². The molecule has 3 nitrogen and oxygen atoms in total. The van der Waals surface area contributed by atoms with Gasteiger partial charge in [0.15, 0.2) is 9.84 Å². The number of hydrogen-bond donors (Lipinski definition) is 0. The lowest BCUT2D eigenvalue weighted by Crippen LogP contribution is -2.40. The maximum absolute atomic E-state index is 11.2. The Balaban J connectivity index is 2.04. The van der Waals surface area contributed by atoms with E-state index in [1.54, 1.807) is 0 Å². The zero-order valence-corrected chi connectivity index (χ0v) is 10.7. The topological polar surface area (TPSA) is 37.4 Å². The van der Waals surface area contributed by atoms with Crippen molar-refractivity contribution in [1.29, 1.82) is 0 Å². The summed E-state index contributed by atoms with van der Waals surface area (Å²) in [5.41, 5.74) is 0. The summed E-state index contributed by atoms with van der Waals surface area (Å²) in [7, 11) is -2.71. The molecule has 0 bridgehead atoms. The summed E-state index contributed by atoms with van der Waals surface area (Å²) in [6.07, 6.45) is 4.65. The highest BCUT2D eigenvalue weighted by Gasteiger charge is 2.20. The van der Waals surface area contributed by atoms with Crippen LogP contribution in [-0.4, -0.2) is 50.3 Å². The largest absolute Gasteiger partial charge is 0.301 e. The number of nitrogens with zero attached hydrogens (tertiary/aromatic N) is 1. The molecule has 0 aromatic heterocycles. The fourth-order valence-electron chi connectivity index (χ4n) is 1.76. The zero-order chi connectivity index (χ0) is 11.1. The molecule has 0 aromatic rings. The molecule has 0 aliphatic carbocycles. The Bertz CT molecular complexity index is 253. The van der Waals surface area contributed by atoms with E-state index in [0.29, 0.717) is 11.5 Å². The highest BCUT2D eigenvalue weighted by molar-refractivity contribution is 7.91. The summed E-state index contributed by atoms with van der Waals surface area (Å²) in [6, 6.07) is 0. The van der Waals surface area contributed by atoms with Crippen LogP contribution in [0.2, 0.25) is 0 Å². The molecule has 1 rings (SSSR count). The summed E-state index contributed by atoms with van der Waals surface area (Å²) in [6.45, 7) is 2.48. The van der Waals surface area contributed by atoms with E-state index in [2.05, 4.69) is 4.90 Å². The van der Waals surface area contributed by atoms with Crippen LogP contribution in [0.3, 0.4) is 0 Å². The van der Waals surface area contributed by atoms with Gasteiger partial charge in [0.05, 0.1) is 11.5 Å². The van der Waals surface area contributed by atoms with E-state index in [1.807, 2.05) is 0 Å². The maximum atomic E-state index is 11.2. The molecule has 1 aliphatic rings. The van der Waals surface area contributed by atoms with Crippen LogP contribution >= 0.6 is 11.6 Å². The molecular weight excluding hydrogens is 234 g/mol. The van der Waals surface area contributed by atoms with Crippen molar-refractivity contribution in [2.24, 2.45) is 0 Å². The molecule has 0 amide bonds. The normalized spacial score (nSPS) is 21.7. The second-order valence-electron chi connectivity index (χ2n) is 4.10. The van der Waals surface area contributed by atoms with Crippen LogP contribution in [0, 0.1) is 0 Å². The number of hydrogen-bond acceptors (Lipinski definition) is 3. The van der Waals surface area contributed by atoms with E-state index in [-0.39, 0.29) is 0 Å². The molecule has 0 aromatic carbocycles. The standard InChI is InChI=1S/C10H20ClNO2S/c11-5-3-1-2-4-6-12-7-9-15(13,14)10-8-12/h1-10H2. The summed E-state index contributed by atoms with van der Waals surface area (Å²) in [5.74, 6) is 1.44.